The number of nitriles is 1. The Morgan fingerprint density at radius 3 is 2.64 bits per heavy atom. The summed E-state index contributed by atoms with van der Waals surface area (Å²) in [6.07, 6.45) is 1.48. The molecule has 2 saturated heterocycles. The van der Waals surface area contributed by atoms with Crippen LogP contribution in [0.3, 0.4) is 0 Å². The fourth-order valence-electron chi connectivity index (χ4n) is 4.61. The summed E-state index contributed by atoms with van der Waals surface area (Å²) in [5.74, 6) is -0.978. The second-order valence-electron chi connectivity index (χ2n) is 8.41. The number of carboxylic acids is 1. The van der Waals surface area contributed by atoms with Crippen LogP contribution in [0.1, 0.15) is 24.0 Å². The minimum atomic E-state index is -0.978. The van der Waals surface area contributed by atoms with E-state index < -0.39 is 12.1 Å². The van der Waals surface area contributed by atoms with E-state index in [9.17, 15) is 9.59 Å². The quantitative estimate of drug-likeness (QED) is 0.661. The molecule has 2 aliphatic rings. The number of hydrogen-bond acceptors (Lipinski definition) is 6. The number of likely N-dealkylation sites (tertiary alicyclic amines) is 1. The van der Waals surface area contributed by atoms with Crippen molar-refractivity contribution in [3.8, 4) is 6.07 Å². The molecule has 2 aromatic rings. The van der Waals surface area contributed by atoms with Crippen molar-refractivity contribution < 1.29 is 24.2 Å². The number of anilines is 1. The van der Waals surface area contributed by atoms with Crippen LogP contribution < -0.4 is 4.90 Å². The molecule has 2 aliphatic heterocycles. The Kier molecular flexibility index (Phi) is 7.23. The van der Waals surface area contributed by atoms with Gasteiger partial charge in [0.15, 0.2) is 0 Å². The molecule has 0 saturated carbocycles. The van der Waals surface area contributed by atoms with Crippen LogP contribution in [0.25, 0.3) is 0 Å². The topological polar surface area (TPSA) is 103 Å². The van der Waals surface area contributed by atoms with E-state index in [1.807, 2.05) is 18.2 Å². The maximum atomic E-state index is 12.5. The average Bonchev–Trinajstić information content (AvgIpc) is 3.19. The number of benzene rings is 2. The number of hydrogen-bond donors (Lipinski definition) is 1. The van der Waals surface area contributed by atoms with Gasteiger partial charge in [0.2, 0.25) is 0 Å². The predicted octanol–water partition coefficient (Wildman–Crippen LogP) is 3.06. The molecule has 0 aromatic heterocycles. The highest BCUT2D eigenvalue weighted by atomic mass is 16.6. The molecule has 2 heterocycles. The van der Waals surface area contributed by atoms with E-state index >= 15 is 0 Å². The molecule has 4 rings (SSSR count). The van der Waals surface area contributed by atoms with E-state index in [0.717, 1.165) is 31.4 Å². The fraction of sp³-hybridized carbons (Fsp3) is 0.400. The van der Waals surface area contributed by atoms with Crippen LogP contribution in [0.5, 0.6) is 0 Å². The summed E-state index contributed by atoms with van der Waals surface area (Å²) < 4.78 is 11.4. The standard InChI is InChI=1S/C25H27N3O5/c26-14-19-8-10-20(11-9-19)28-16-21(33-25(28)31)15-27-12-4-7-23(32-17-24(29)30)22(27)13-18-5-2-1-3-6-18/h1-3,5-6,8-11,21-23H,4,7,12-13,15-17H2,(H,29,30). The Morgan fingerprint density at radius 1 is 1.18 bits per heavy atom. The Bertz CT molecular complexity index is 1000. The Morgan fingerprint density at radius 2 is 1.94 bits per heavy atom. The molecule has 1 amide bonds. The second-order valence-corrected chi connectivity index (χ2v) is 8.41. The van der Waals surface area contributed by atoms with Crippen LogP contribution in [0.15, 0.2) is 54.6 Å². The lowest BCUT2D eigenvalue weighted by atomic mass is 9.92. The van der Waals surface area contributed by atoms with Gasteiger partial charge in [-0.2, -0.15) is 5.26 Å². The van der Waals surface area contributed by atoms with E-state index in [4.69, 9.17) is 19.8 Å². The van der Waals surface area contributed by atoms with Crippen LogP contribution in [-0.2, 0) is 20.7 Å². The van der Waals surface area contributed by atoms with Gasteiger partial charge >= 0.3 is 12.1 Å². The molecular formula is C25H27N3O5. The normalized spacial score (nSPS) is 23.2. The van der Waals surface area contributed by atoms with Crippen molar-refractivity contribution in [3.05, 3.63) is 65.7 Å². The van der Waals surface area contributed by atoms with Crippen LogP contribution in [0.2, 0.25) is 0 Å². The second kappa shape index (κ2) is 10.5. The number of carbonyl (C=O) groups excluding carboxylic acids is 1. The van der Waals surface area contributed by atoms with Gasteiger partial charge in [-0.15, -0.1) is 0 Å². The van der Waals surface area contributed by atoms with Crippen LogP contribution in [0, 0.1) is 11.3 Å². The van der Waals surface area contributed by atoms with Gasteiger partial charge in [0.1, 0.15) is 12.7 Å². The van der Waals surface area contributed by atoms with Gasteiger partial charge in [-0.3, -0.25) is 9.80 Å². The average molecular weight is 450 g/mol. The highest BCUT2D eigenvalue weighted by Gasteiger charge is 2.38. The van der Waals surface area contributed by atoms with E-state index in [1.54, 1.807) is 29.2 Å². The third-order valence-corrected chi connectivity index (χ3v) is 6.16. The molecule has 0 aliphatic carbocycles. The van der Waals surface area contributed by atoms with Crippen molar-refractivity contribution in [1.82, 2.24) is 4.90 Å². The van der Waals surface area contributed by atoms with Crippen LogP contribution in [-0.4, -0.2) is 66.6 Å². The van der Waals surface area contributed by atoms with E-state index in [-0.39, 0.29) is 24.9 Å². The summed E-state index contributed by atoms with van der Waals surface area (Å²) in [7, 11) is 0. The van der Waals surface area contributed by atoms with Crippen molar-refractivity contribution in [2.75, 3.05) is 31.1 Å². The van der Waals surface area contributed by atoms with Crippen molar-refractivity contribution in [2.24, 2.45) is 0 Å². The number of amides is 1. The molecule has 8 heteroatoms. The molecule has 172 valence electrons. The summed E-state index contributed by atoms with van der Waals surface area (Å²) >= 11 is 0. The Labute approximate surface area is 192 Å². The maximum Gasteiger partial charge on any atom is 0.414 e. The number of aliphatic carboxylic acids is 1. The molecule has 2 fully saturated rings. The molecule has 33 heavy (non-hydrogen) atoms. The predicted molar refractivity (Wildman–Crippen MR) is 121 cm³/mol. The van der Waals surface area contributed by atoms with Gasteiger partial charge in [-0.05, 0) is 55.6 Å². The first-order valence-electron chi connectivity index (χ1n) is 11.1. The number of nitrogens with zero attached hydrogens (tertiary/aromatic N) is 3. The monoisotopic (exact) mass is 449 g/mol. The number of rotatable bonds is 8. The lowest BCUT2D eigenvalue weighted by molar-refractivity contribution is -0.147. The first kappa shape index (κ1) is 22.8. The lowest BCUT2D eigenvalue weighted by Gasteiger charge is -2.41. The van der Waals surface area contributed by atoms with Crippen molar-refractivity contribution in [2.45, 2.75) is 37.5 Å². The van der Waals surface area contributed by atoms with Gasteiger partial charge in [0.25, 0.3) is 0 Å². The molecular weight excluding hydrogens is 422 g/mol. The van der Waals surface area contributed by atoms with Crippen LogP contribution >= 0.6 is 0 Å². The number of piperidine rings is 1. The van der Waals surface area contributed by atoms with Gasteiger partial charge < -0.3 is 14.6 Å². The molecule has 3 atom stereocenters. The summed E-state index contributed by atoms with van der Waals surface area (Å²) in [5.41, 5.74) is 2.39. The van der Waals surface area contributed by atoms with Crippen molar-refractivity contribution in [3.63, 3.8) is 0 Å². The minimum Gasteiger partial charge on any atom is -0.480 e. The third-order valence-electron chi connectivity index (χ3n) is 6.16. The van der Waals surface area contributed by atoms with Crippen LogP contribution in [0.4, 0.5) is 10.5 Å². The highest BCUT2D eigenvalue weighted by molar-refractivity contribution is 5.89. The number of cyclic esters (lactones) is 1. The largest absolute Gasteiger partial charge is 0.480 e. The highest BCUT2D eigenvalue weighted by Crippen LogP contribution is 2.27. The van der Waals surface area contributed by atoms with E-state index in [1.165, 1.54) is 0 Å². The maximum absolute atomic E-state index is 12.5. The SMILES string of the molecule is N#Cc1ccc(N2CC(CN3CCCC(OCC(=O)O)C3Cc3ccccc3)OC2=O)cc1. The molecule has 3 unspecified atom stereocenters. The smallest absolute Gasteiger partial charge is 0.414 e. The molecule has 0 spiro atoms. The molecule has 1 N–H and O–H groups in total. The Hall–Kier alpha value is -3.41. The fourth-order valence-corrected chi connectivity index (χ4v) is 4.61. The van der Waals surface area contributed by atoms with Crippen molar-refractivity contribution >= 4 is 17.7 Å². The van der Waals surface area contributed by atoms with E-state index in [0.29, 0.717) is 24.3 Å². The first-order chi connectivity index (χ1) is 16.0. The first-order valence-corrected chi connectivity index (χ1v) is 11.1. The third kappa shape index (κ3) is 5.69. The van der Waals surface area contributed by atoms with Gasteiger partial charge in [-0.1, -0.05) is 30.3 Å². The molecule has 0 bridgehead atoms. The molecule has 2 aromatic carbocycles. The van der Waals surface area contributed by atoms with Gasteiger partial charge in [0, 0.05) is 18.3 Å². The number of ether oxygens (including phenoxy) is 2. The Balaban J connectivity index is 1.46. The zero-order valence-electron chi connectivity index (χ0n) is 18.3. The summed E-state index contributed by atoms with van der Waals surface area (Å²) in [6, 6.07) is 19.0. The van der Waals surface area contributed by atoms with Gasteiger partial charge in [-0.25, -0.2) is 9.59 Å². The minimum absolute atomic E-state index is 0.0110. The van der Waals surface area contributed by atoms with Crippen molar-refractivity contribution in [1.29, 1.82) is 5.26 Å². The zero-order valence-corrected chi connectivity index (χ0v) is 18.3. The molecule has 0 radical (unpaired) electrons. The summed E-state index contributed by atoms with van der Waals surface area (Å²) in [5, 5.41) is 18.1. The summed E-state index contributed by atoms with van der Waals surface area (Å²) in [6.45, 7) is 1.47. The number of carbonyl (C=O) groups is 2. The lowest BCUT2D eigenvalue weighted by Crippen LogP contribution is -2.53. The van der Waals surface area contributed by atoms with E-state index in [2.05, 4.69) is 23.1 Å². The zero-order chi connectivity index (χ0) is 23.2. The van der Waals surface area contributed by atoms with Gasteiger partial charge in [0.05, 0.1) is 24.3 Å². The molecule has 8 nitrogen and oxygen atoms in total. The summed E-state index contributed by atoms with van der Waals surface area (Å²) in [4.78, 5) is 27.5. The number of carboxylic acid groups (broad SMARTS) is 1.